The zero-order chi connectivity index (χ0) is 23.0. The summed E-state index contributed by atoms with van der Waals surface area (Å²) in [7, 11) is 1.51. The summed E-state index contributed by atoms with van der Waals surface area (Å²) in [6, 6.07) is 6.73. The van der Waals surface area contributed by atoms with E-state index in [1.54, 1.807) is 31.2 Å². The predicted molar refractivity (Wildman–Crippen MR) is 110 cm³/mol. The molecule has 0 saturated carbocycles. The van der Waals surface area contributed by atoms with Gasteiger partial charge in [0.05, 0.1) is 13.7 Å². The first kappa shape index (κ1) is 28.8. The molecule has 0 radical (unpaired) electrons. The van der Waals surface area contributed by atoms with Crippen LogP contribution in [0.3, 0.4) is 0 Å². The highest BCUT2D eigenvalue weighted by atomic mass is 19.4. The van der Waals surface area contributed by atoms with Crippen molar-refractivity contribution >= 4 is 5.78 Å². The molecule has 1 aromatic carbocycles. The fourth-order valence-corrected chi connectivity index (χ4v) is 1.84. The van der Waals surface area contributed by atoms with Crippen LogP contribution in [0.5, 0.6) is 5.75 Å². The molecule has 0 atom stereocenters. The Morgan fingerprint density at radius 2 is 1.52 bits per heavy atom. The standard InChI is InChI=1S/C14H14F3N3O2.C3H8.2C2H6/c1-3-11(21)12-18-13(14(15,16)17)19-20(12)8-9-4-6-10(22-2)7-5-9;1-3-2;2*1-2/h4-7H,3,8H2,1-2H3;3H2,1-2H3;2*1-2H3. The van der Waals surface area contributed by atoms with Crippen molar-refractivity contribution in [1.82, 2.24) is 14.8 Å². The summed E-state index contributed by atoms with van der Waals surface area (Å²) >= 11 is 0. The number of carbonyl (C=O) groups is 1. The maximum Gasteiger partial charge on any atom is 0.453 e. The lowest BCUT2D eigenvalue weighted by atomic mass is 10.2. The van der Waals surface area contributed by atoms with Crippen molar-refractivity contribution in [2.75, 3.05) is 7.11 Å². The number of rotatable bonds is 5. The summed E-state index contributed by atoms with van der Waals surface area (Å²) in [4.78, 5) is 15.1. The van der Waals surface area contributed by atoms with Gasteiger partial charge in [-0.1, -0.05) is 67.0 Å². The number of alkyl halides is 3. The van der Waals surface area contributed by atoms with E-state index >= 15 is 0 Å². The molecule has 1 aromatic heterocycles. The van der Waals surface area contributed by atoms with Crippen molar-refractivity contribution in [1.29, 1.82) is 0 Å². The minimum absolute atomic E-state index is 0.0220. The van der Waals surface area contributed by atoms with Gasteiger partial charge < -0.3 is 4.74 Å². The van der Waals surface area contributed by atoms with Crippen LogP contribution < -0.4 is 4.74 Å². The fourth-order valence-electron chi connectivity index (χ4n) is 1.84. The van der Waals surface area contributed by atoms with Crippen LogP contribution in [0.15, 0.2) is 24.3 Å². The highest BCUT2D eigenvalue weighted by Gasteiger charge is 2.37. The molecule has 0 bridgehead atoms. The lowest BCUT2D eigenvalue weighted by Gasteiger charge is -2.06. The quantitative estimate of drug-likeness (QED) is 0.527. The molecule has 0 amide bonds. The van der Waals surface area contributed by atoms with E-state index in [1.165, 1.54) is 13.5 Å². The normalized spacial score (nSPS) is 9.76. The molecule has 0 saturated heterocycles. The van der Waals surface area contributed by atoms with Gasteiger partial charge in [0.25, 0.3) is 5.82 Å². The van der Waals surface area contributed by atoms with Crippen LogP contribution in [-0.2, 0) is 12.7 Å². The molecule has 0 spiro atoms. The van der Waals surface area contributed by atoms with Crippen LogP contribution in [0.4, 0.5) is 13.2 Å². The lowest BCUT2D eigenvalue weighted by molar-refractivity contribution is -0.145. The number of ketones is 1. The maximum atomic E-state index is 12.7. The van der Waals surface area contributed by atoms with Gasteiger partial charge in [-0.05, 0) is 17.7 Å². The first-order valence-corrected chi connectivity index (χ1v) is 9.94. The number of halogens is 3. The van der Waals surface area contributed by atoms with Crippen molar-refractivity contribution in [2.24, 2.45) is 0 Å². The summed E-state index contributed by atoms with van der Waals surface area (Å²) in [6.07, 6.45) is -3.38. The number of methoxy groups -OCH3 is 1. The Kier molecular flexibility index (Phi) is 15.4. The number of carbonyl (C=O) groups excluding carboxylic acids is 1. The molecule has 2 rings (SSSR count). The van der Waals surface area contributed by atoms with E-state index in [-0.39, 0.29) is 18.8 Å². The lowest BCUT2D eigenvalue weighted by Crippen LogP contribution is -2.12. The Bertz CT molecular complexity index is 681. The van der Waals surface area contributed by atoms with E-state index in [1.807, 2.05) is 27.7 Å². The molecule has 0 unspecified atom stereocenters. The van der Waals surface area contributed by atoms with Crippen LogP contribution >= 0.6 is 0 Å². The zero-order valence-electron chi connectivity index (χ0n) is 18.7. The smallest absolute Gasteiger partial charge is 0.453 e. The van der Waals surface area contributed by atoms with Crippen molar-refractivity contribution in [3.8, 4) is 5.75 Å². The summed E-state index contributed by atoms with van der Waals surface area (Å²) in [5, 5.41) is 3.42. The number of hydrogen-bond acceptors (Lipinski definition) is 4. The first-order chi connectivity index (χ1) is 13.8. The number of nitrogens with zero attached hydrogens (tertiary/aromatic N) is 3. The molecule has 166 valence electrons. The zero-order valence-corrected chi connectivity index (χ0v) is 18.7. The predicted octanol–water partition coefficient (Wildman–Crippen LogP) is 6.42. The topological polar surface area (TPSA) is 57.0 Å². The molecule has 0 aliphatic heterocycles. The maximum absolute atomic E-state index is 12.7. The van der Waals surface area contributed by atoms with Crippen molar-refractivity contribution < 1.29 is 22.7 Å². The van der Waals surface area contributed by atoms with Gasteiger partial charge in [-0.25, -0.2) is 4.68 Å². The van der Waals surface area contributed by atoms with E-state index in [2.05, 4.69) is 23.9 Å². The van der Waals surface area contributed by atoms with Crippen LogP contribution in [0.25, 0.3) is 0 Å². The summed E-state index contributed by atoms with van der Waals surface area (Å²) in [6.45, 7) is 13.8. The highest BCUT2D eigenvalue weighted by molar-refractivity contribution is 5.92. The van der Waals surface area contributed by atoms with Gasteiger partial charge in [-0.3, -0.25) is 4.79 Å². The van der Waals surface area contributed by atoms with Crippen molar-refractivity contribution in [3.63, 3.8) is 0 Å². The number of hydrogen-bond donors (Lipinski definition) is 0. The molecular formula is C21H34F3N3O2. The Morgan fingerprint density at radius 3 is 1.90 bits per heavy atom. The molecule has 0 fully saturated rings. The van der Waals surface area contributed by atoms with Crippen LogP contribution in [0.1, 0.15) is 83.3 Å². The Hall–Kier alpha value is -2.38. The van der Waals surface area contributed by atoms with Gasteiger partial charge in [-0.2, -0.15) is 18.2 Å². The molecule has 1 heterocycles. The number of Topliss-reactive ketones (excluding diaryl/α,β-unsaturated/α-hetero) is 1. The average Bonchev–Trinajstić information content (AvgIpc) is 3.16. The van der Waals surface area contributed by atoms with E-state index in [0.717, 1.165) is 4.68 Å². The van der Waals surface area contributed by atoms with Gasteiger partial charge in [0.15, 0.2) is 11.6 Å². The van der Waals surface area contributed by atoms with Gasteiger partial charge in [-0.15, -0.1) is 5.10 Å². The van der Waals surface area contributed by atoms with Gasteiger partial charge in [0.2, 0.25) is 0 Å². The third-order valence-electron chi connectivity index (χ3n) is 2.99. The molecule has 0 N–H and O–H groups in total. The van der Waals surface area contributed by atoms with Crippen molar-refractivity contribution in [2.45, 2.75) is 74.0 Å². The molecule has 5 nitrogen and oxygen atoms in total. The van der Waals surface area contributed by atoms with E-state index in [9.17, 15) is 18.0 Å². The molecular weight excluding hydrogens is 383 g/mol. The minimum atomic E-state index is -4.69. The van der Waals surface area contributed by atoms with Gasteiger partial charge in [0.1, 0.15) is 5.75 Å². The second-order valence-corrected chi connectivity index (χ2v) is 5.25. The van der Waals surface area contributed by atoms with Gasteiger partial charge in [0, 0.05) is 6.42 Å². The summed E-state index contributed by atoms with van der Waals surface area (Å²) < 4.78 is 44.2. The second kappa shape index (κ2) is 15.5. The van der Waals surface area contributed by atoms with E-state index in [0.29, 0.717) is 11.3 Å². The highest BCUT2D eigenvalue weighted by Crippen LogP contribution is 2.27. The van der Waals surface area contributed by atoms with Crippen LogP contribution in [0, 0.1) is 0 Å². The third-order valence-corrected chi connectivity index (χ3v) is 2.99. The van der Waals surface area contributed by atoms with Crippen LogP contribution in [-0.4, -0.2) is 27.7 Å². The third kappa shape index (κ3) is 10.1. The molecule has 29 heavy (non-hydrogen) atoms. The van der Waals surface area contributed by atoms with Gasteiger partial charge >= 0.3 is 6.18 Å². The summed E-state index contributed by atoms with van der Waals surface area (Å²) in [5.41, 5.74) is 0.685. The molecule has 0 aliphatic carbocycles. The second-order valence-electron chi connectivity index (χ2n) is 5.25. The largest absolute Gasteiger partial charge is 0.497 e. The SMILES string of the molecule is CC.CC.CCC.CCC(=O)c1nc(C(F)(F)F)nn1Cc1ccc(OC)cc1. The monoisotopic (exact) mass is 417 g/mol. The number of benzene rings is 1. The molecule has 8 heteroatoms. The Morgan fingerprint density at radius 1 is 1.03 bits per heavy atom. The van der Waals surface area contributed by atoms with Crippen LogP contribution in [0.2, 0.25) is 0 Å². The first-order valence-electron chi connectivity index (χ1n) is 9.94. The van der Waals surface area contributed by atoms with E-state index in [4.69, 9.17) is 4.74 Å². The molecule has 0 aliphatic rings. The fraction of sp³-hybridized carbons (Fsp3) is 0.571. The average molecular weight is 418 g/mol. The van der Waals surface area contributed by atoms with E-state index < -0.39 is 17.8 Å². The Balaban J connectivity index is 0. The number of aromatic nitrogens is 3. The van der Waals surface area contributed by atoms with Crippen molar-refractivity contribution in [3.05, 3.63) is 41.5 Å². The number of ether oxygens (including phenoxy) is 1. The Labute approximate surface area is 172 Å². The minimum Gasteiger partial charge on any atom is -0.497 e. The summed E-state index contributed by atoms with van der Waals surface area (Å²) in [5.74, 6) is -1.46. The molecule has 2 aromatic rings.